The lowest BCUT2D eigenvalue weighted by molar-refractivity contribution is 0.0691. The first kappa shape index (κ1) is 11.1. The average Bonchev–Trinajstić information content (AvgIpc) is 2.73. The Balaban J connectivity index is 2.11. The van der Waals surface area contributed by atoms with Gasteiger partial charge in [-0.05, 0) is 13.0 Å². The second-order valence-electron chi connectivity index (χ2n) is 3.40. The van der Waals surface area contributed by atoms with Gasteiger partial charge in [0.15, 0.2) is 11.5 Å². The van der Waals surface area contributed by atoms with Gasteiger partial charge in [0, 0.05) is 12.3 Å². The molecule has 0 aromatic carbocycles. The van der Waals surface area contributed by atoms with E-state index in [1.54, 1.807) is 13.0 Å². The third-order valence-electron chi connectivity index (χ3n) is 2.06. The molecule has 0 radical (unpaired) electrons. The van der Waals surface area contributed by atoms with Gasteiger partial charge in [0.2, 0.25) is 0 Å². The molecule has 0 amide bonds. The Bertz CT molecular complexity index is 536. The molecule has 17 heavy (non-hydrogen) atoms. The molecule has 6 nitrogen and oxygen atoms in total. The van der Waals surface area contributed by atoms with Gasteiger partial charge in [0.1, 0.15) is 12.2 Å². The van der Waals surface area contributed by atoms with E-state index in [1.807, 2.05) is 0 Å². The molecule has 2 aromatic rings. The van der Waals surface area contributed by atoms with Crippen molar-refractivity contribution in [3.8, 4) is 5.75 Å². The molecule has 0 bridgehead atoms. The number of carboxylic acid groups (broad SMARTS) is 1. The van der Waals surface area contributed by atoms with Crippen molar-refractivity contribution in [3.63, 3.8) is 0 Å². The van der Waals surface area contributed by atoms with Crippen LogP contribution in [0.3, 0.4) is 0 Å². The summed E-state index contributed by atoms with van der Waals surface area (Å²) in [6.07, 6.45) is 2.75. The van der Waals surface area contributed by atoms with Crippen molar-refractivity contribution in [2.24, 2.45) is 0 Å². The predicted octanol–water partition coefficient (Wildman–Crippen LogP) is 1.66. The maximum Gasteiger partial charge on any atom is 0.339 e. The van der Waals surface area contributed by atoms with Crippen LogP contribution in [-0.2, 0) is 6.61 Å². The van der Waals surface area contributed by atoms with Gasteiger partial charge < -0.3 is 14.4 Å². The van der Waals surface area contributed by atoms with Gasteiger partial charge in [-0.3, -0.25) is 4.98 Å². The molecule has 1 N–H and O–H groups in total. The van der Waals surface area contributed by atoms with Crippen LogP contribution in [0.1, 0.15) is 21.8 Å². The van der Waals surface area contributed by atoms with Crippen molar-refractivity contribution in [3.05, 3.63) is 41.5 Å². The number of hydrogen-bond donors (Lipinski definition) is 1. The van der Waals surface area contributed by atoms with Gasteiger partial charge in [-0.1, -0.05) is 5.16 Å². The molecule has 2 heterocycles. The Kier molecular flexibility index (Phi) is 3.04. The first-order chi connectivity index (χ1) is 8.16. The summed E-state index contributed by atoms with van der Waals surface area (Å²) in [5.74, 6) is -0.326. The Morgan fingerprint density at radius 1 is 1.59 bits per heavy atom. The SMILES string of the molecule is Cc1cc(COc2cnccc2C(=O)O)on1. The Morgan fingerprint density at radius 3 is 3.06 bits per heavy atom. The van der Waals surface area contributed by atoms with Crippen LogP contribution < -0.4 is 4.74 Å². The molecule has 0 aliphatic heterocycles. The minimum absolute atomic E-state index is 0.0660. The first-order valence-electron chi connectivity index (χ1n) is 4.89. The van der Waals surface area contributed by atoms with Crippen LogP contribution in [0.4, 0.5) is 0 Å². The van der Waals surface area contributed by atoms with E-state index in [-0.39, 0.29) is 17.9 Å². The number of pyridine rings is 1. The average molecular weight is 234 g/mol. The highest BCUT2D eigenvalue weighted by atomic mass is 16.5. The standard InChI is InChI=1S/C11H10N2O4/c1-7-4-8(17-13-7)6-16-10-5-12-3-2-9(10)11(14)15/h2-5H,6H2,1H3,(H,14,15). The Labute approximate surface area is 96.8 Å². The maximum absolute atomic E-state index is 10.9. The Morgan fingerprint density at radius 2 is 2.41 bits per heavy atom. The van der Waals surface area contributed by atoms with E-state index in [4.69, 9.17) is 14.4 Å². The summed E-state index contributed by atoms with van der Waals surface area (Å²) in [5.41, 5.74) is 0.810. The molecule has 2 rings (SSSR count). The summed E-state index contributed by atoms with van der Waals surface area (Å²) < 4.78 is 10.3. The summed E-state index contributed by atoms with van der Waals surface area (Å²) >= 11 is 0. The number of hydrogen-bond acceptors (Lipinski definition) is 5. The number of carboxylic acids is 1. The van der Waals surface area contributed by atoms with Gasteiger partial charge in [0.05, 0.1) is 11.9 Å². The molecule has 0 atom stereocenters. The van der Waals surface area contributed by atoms with Crippen molar-refractivity contribution in [2.45, 2.75) is 13.5 Å². The van der Waals surface area contributed by atoms with Crippen LogP contribution in [0.25, 0.3) is 0 Å². The van der Waals surface area contributed by atoms with Gasteiger partial charge in [0.25, 0.3) is 0 Å². The van der Waals surface area contributed by atoms with Crippen molar-refractivity contribution < 1.29 is 19.2 Å². The van der Waals surface area contributed by atoms with Crippen LogP contribution in [0.15, 0.2) is 29.0 Å². The van der Waals surface area contributed by atoms with Gasteiger partial charge in [-0.15, -0.1) is 0 Å². The molecule has 88 valence electrons. The topological polar surface area (TPSA) is 85.5 Å². The highest BCUT2D eigenvalue weighted by Gasteiger charge is 2.11. The molecule has 0 saturated heterocycles. The molecule has 0 aliphatic carbocycles. The van der Waals surface area contributed by atoms with Crippen LogP contribution in [-0.4, -0.2) is 21.2 Å². The lowest BCUT2D eigenvalue weighted by atomic mass is 10.2. The molecule has 0 aliphatic rings. The molecule has 0 fully saturated rings. The normalized spacial score (nSPS) is 10.2. The monoisotopic (exact) mass is 234 g/mol. The summed E-state index contributed by atoms with van der Waals surface area (Å²) in [7, 11) is 0. The summed E-state index contributed by atoms with van der Waals surface area (Å²) in [6.45, 7) is 1.91. The van der Waals surface area contributed by atoms with Crippen LogP contribution >= 0.6 is 0 Å². The largest absolute Gasteiger partial charge is 0.483 e. The molecule has 6 heteroatoms. The number of aromatic carboxylic acids is 1. The molecule has 0 spiro atoms. The van der Waals surface area contributed by atoms with Crippen molar-refractivity contribution >= 4 is 5.97 Å². The lowest BCUT2D eigenvalue weighted by Crippen LogP contribution is -2.03. The zero-order valence-electron chi connectivity index (χ0n) is 9.08. The minimum atomic E-state index is -1.06. The summed E-state index contributed by atoms with van der Waals surface area (Å²) in [5, 5.41) is 12.6. The fraction of sp³-hybridized carbons (Fsp3) is 0.182. The van der Waals surface area contributed by atoms with E-state index in [1.165, 1.54) is 18.5 Å². The van der Waals surface area contributed by atoms with E-state index < -0.39 is 5.97 Å². The molecular formula is C11H10N2O4. The third-order valence-corrected chi connectivity index (χ3v) is 2.06. The highest BCUT2D eigenvalue weighted by Crippen LogP contribution is 2.18. The quantitative estimate of drug-likeness (QED) is 0.865. The lowest BCUT2D eigenvalue weighted by Gasteiger charge is -2.05. The number of aryl methyl sites for hydroxylation is 1. The van der Waals surface area contributed by atoms with Gasteiger partial charge >= 0.3 is 5.97 Å². The zero-order chi connectivity index (χ0) is 12.3. The number of nitrogens with zero attached hydrogens (tertiary/aromatic N) is 2. The maximum atomic E-state index is 10.9. The van der Waals surface area contributed by atoms with Crippen molar-refractivity contribution in [1.29, 1.82) is 0 Å². The molecular weight excluding hydrogens is 224 g/mol. The molecule has 0 saturated carbocycles. The first-order valence-corrected chi connectivity index (χ1v) is 4.89. The van der Waals surface area contributed by atoms with E-state index in [0.717, 1.165) is 5.69 Å². The van der Waals surface area contributed by atoms with E-state index in [9.17, 15) is 4.79 Å². The second kappa shape index (κ2) is 4.65. The molecule has 0 unspecified atom stereocenters. The van der Waals surface area contributed by atoms with Crippen LogP contribution in [0.5, 0.6) is 5.75 Å². The zero-order valence-corrected chi connectivity index (χ0v) is 9.08. The number of ether oxygens (including phenoxy) is 1. The second-order valence-corrected chi connectivity index (χ2v) is 3.40. The van der Waals surface area contributed by atoms with E-state index in [2.05, 4.69) is 10.1 Å². The van der Waals surface area contributed by atoms with Crippen LogP contribution in [0.2, 0.25) is 0 Å². The smallest absolute Gasteiger partial charge is 0.339 e. The summed E-state index contributed by atoms with van der Waals surface area (Å²) in [4.78, 5) is 14.7. The predicted molar refractivity (Wildman–Crippen MR) is 56.8 cm³/mol. The van der Waals surface area contributed by atoms with Crippen molar-refractivity contribution in [1.82, 2.24) is 10.1 Å². The van der Waals surface area contributed by atoms with E-state index >= 15 is 0 Å². The van der Waals surface area contributed by atoms with E-state index in [0.29, 0.717) is 5.76 Å². The fourth-order valence-electron chi connectivity index (χ4n) is 1.30. The number of rotatable bonds is 4. The summed E-state index contributed by atoms with van der Waals surface area (Å²) in [6, 6.07) is 3.10. The molecule has 2 aromatic heterocycles. The van der Waals surface area contributed by atoms with Gasteiger partial charge in [-0.25, -0.2) is 4.79 Å². The fourth-order valence-corrected chi connectivity index (χ4v) is 1.30. The van der Waals surface area contributed by atoms with Crippen LogP contribution in [0, 0.1) is 6.92 Å². The highest BCUT2D eigenvalue weighted by molar-refractivity contribution is 5.90. The number of aromatic nitrogens is 2. The third kappa shape index (κ3) is 2.60. The van der Waals surface area contributed by atoms with Crippen molar-refractivity contribution in [2.75, 3.05) is 0 Å². The Hall–Kier alpha value is -2.37. The number of carbonyl (C=O) groups is 1. The van der Waals surface area contributed by atoms with Gasteiger partial charge in [-0.2, -0.15) is 0 Å². The minimum Gasteiger partial charge on any atom is -0.483 e.